The molecule has 2 N–H and O–H groups in total. The van der Waals surface area contributed by atoms with E-state index >= 15 is 0 Å². The molecule has 1 aliphatic heterocycles. The summed E-state index contributed by atoms with van der Waals surface area (Å²) < 4.78 is 45.0. The van der Waals surface area contributed by atoms with Gasteiger partial charge in [-0.1, -0.05) is 0 Å². The van der Waals surface area contributed by atoms with Gasteiger partial charge in [0, 0.05) is 33.0 Å². The third-order valence-corrected chi connectivity index (χ3v) is 3.49. The van der Waals surface area contributed by atoms with E-state index in [4.69, 9.17) is 10.5 Å². The zero-order valence-electron chi connectivity index (χ0n) is 10.7. The summed E-state index contributed by atoms with van der Waals surface area (Å²) in [4.78, 5) is 0. The standard InChI is InChI=1S/C11H17F3N4O/c1-19-8(5-15)4-10-17-16-9-3-2-7(6-18(9)10)11(12,13)14/h7-8H,2-6,15H2,1H3. The monoisotopic (exact) mass is 278 g/mol. The van der Waals surface area contributed by atoms with Crippen LogP contribution >= 0.6 is 0 Å². The number of ether oxygens (including phenoxy) is 1. The summed E-state index contributed by atoms with van der Waals surface area (Å²) in [6, 6.07) is 0. The molecule has 2 heterocycles. The third-order valence-electron chi connectivity index (χ3n) is 3.49. The molecule has 8 heteroatoms. The third kappa shape index (κ3) is 3.06. The van der Waals surface area contributed by atoms with Gasteiger partial charge in [0.2, 0.25) is 0 Å². The molecule has 1 aliphatic rings. The number of fused-ring (bicyclic) bond motifs is 1. The van der Waals surface area contributed by atoms with Crippen LogP contribution in [0.2, 0.25) is 0 Å². The number of hydrogen-bond donors (Lipinski definition) is 1. The van der Waals surface area contributed by atoms with E-state index < -0.39 is 12.1 Å². The van der Waals surface area contributed by atoms with Gasteiger partial charge in [-0.25, -0.2) is 0 Å². The Bertz CT molecular complexity index is 428. The summed E-state index contributed by atoms with van der Waals surface area (Å²) in [5.41, 5.74) is 5.51. The van der Waals surface area contributed by atoms with Crippen molar-refractivity contribution < 1.29 is 17.9 Å². The van der Waals surface area contributed by atoms with Crippen molar-refractivity contribution in [1.82, 2.24) is 14.8 Å². The van der Waals surface area contributed by atoms with Crippen LogP contribution in [-0.2, 0) is 24.1 Å². The molecule has 2 atom stereocenters. The normalized spacial score (nSPS) is 21.2. The van der Waals surface area contributed by atoms with Crippen LogP contribution in [0.15, 0.2) is 0 Å². The van der Waals surface area contributed by atoms with E-state index in [-0.39, 0.29) is 19.1 Å². The maximum Gasteiger partial charge on any atom is 0.393 e. The number of aromatic nitrogens is 3. The Kier molecular flexibility index (Phi) is 4.10. The van der Waals surface area contributed by atoms with E-state index in [1.54, 1.807) is 4.57 Å². The molecular weight excluding hydrogens is 261 g/mol. The number of nitrogens with zero attached hydrogens (tertiary/aromatic N) is 3. The van der Waals surface area contributed by atoms with Gasteiger partial charge in [0.25, 0.3) is 0 Å². The summed E-state index contributed by atoms with van der Waals surface area (Å²) in [6.45, 7) is 0.184. The minimum absolute atomic E-state index is 0.0756. The molecule has 0 spiro atoms. The van der Waals surface area contributed by atoms with Gasteiger partial charge in [-0.05, 0) is 6.42 Å². The van der Waals surface area contributed by atoms with Crippen molar-refractivity contribution in [3.8, 4) is 0 Å². The van der Waals surface area contributed by atoms with Crippen LogP contribution in [0.4, 0.5) is 13.2 Å². The van der Waals surface area contributed by atoms with Crippen LogP contribution in [0.1, 0.15) is 18.1 Å². The Morgan fingerprint density at radius 2 is 2.21 bits per heavy atom. The average Bonchev–Trinajstić information content (AvgIpc) is 2.77. The minimum atomic E-state index is -4.17. The molecule has 0 aliphatic carbocycles. The average molecular weight is 278 g/mol. The van der Waals surface area contributed by atoms with Crippen molar-refractivity contribution in [1.29, 1.82) is 0 Å². The minimum Gasteiger partial charge on any atom is -0.380 e. The molecule has 0 fully saturated rings. The molecule has 0 amide bonds. The van der Waals surface area contributed by atoms with E-state index in [2.05, 4.69) is 10.2 Å². The molecule has 1 aromatic heterocycles. The molecule has 19 heavy (non-hydrogen) atoms. The molecule has 0 aromatic carbocycles. The smallest absolute Gasteiger partial charge is 0.380 e. The van der Waals surface area contributed by atoms with Crippen LogP contribution in [0, 0.1) is 5.92 Å². The van der Waals surface area contributed by atoms with Crippen molar-refractivity contribution in [2.24, 2.45) is 11.7 Å². The molecule has 5 nitrogen and oxygen atoms in total. The lowest BCUT2D eigenvalue weighted by Crippen LogP contribution is -2.34. The molecule has 2 rings (SSSR count). The number of alkyl halides is 3. The van der Waals surface area contributed by atoms with Gasteiger partial charge in [-0.3, -0.25) is 0 Å². The van der Waals surface area contributed by atoms with Crippen molar-refractivity contribution in [3.05, 3.63) is 11.6 Å². The summed E-state index contributed by atoms with van der Waals surface area (Å²) in [5.74, 6) is -0.197. The second-order valence-electron chi connectivity index (χ2n) is 4.72. The predicted octanol–water partition coefficient (Wildman–Crippen LogP) is 0.919. The Morgan fingerprint density at radius 3 is 2.79 bits per heavy atom. The second kappa shape index (κ2) is 5.46. The maximum absolute atomic E-state index is 12.8. The Labute approximate surface area is 108 Å². The fourth-order valence-electron chi connectivity index (χ4n) is 2.27. The van der Waals surface area contributed by atoms with Crippen LogP contribution in [0.3, 0.4) is 0 Å². The largest absolute Gasteiger partial charge is 0.393 e. The van der Waals surface area contributed by atoms with Gasteiger partial charge < -0.3 is 15.0 Å². The predicted molar refractivity (Wildman–Crippen MR) is 61.4 cm³/mol. The van der Waals surface area contributed by atoms with Crippen molar-refractivity contribution >= 4 is 0 Å². The number of aryl methyl sites for hydroxylation is 1. The van der Waals surface area contributed by atoms with Crippen molar-refractivity contribution in [3.63, 3.8) is 0 Å². The summed E-state index contributed by atoms with van der Waals surface area (Å²) >= 11 is 0. The Balaban J connectivity index is 2.16. The quantitative estimate of drug-likeness (QED) is 0.889. The molecule has 0 saturated heterocycles. The van der Waals surface area contributed by atoms with E-state index in [1.165, 1.54) is 7.11 Å². The van der Waals surface area contributed by atoms with Gasteiger partial charge in [0.15, 0.2) is 0 Å². The van der Waals surface area contributed by atoms with E-state index in [1.807, 2.05) is 0 Å². The highest BCUT2D eigenvalue weighted by atomic mass is 19.4. The molecule has 0 bridgehead atoms. The summed E-state index contributed by atoms with van der Waals surface area (Å²) in [5, 5.41) is 7.90. The highest BCUT2D eigenvalue weighted by Gasteiger charge is 2.42. The van der Waals surface area contributed by atoms with Gasteiger partial charge in [-0.15, -0.1) is 10.2 Å². The molecular formula is C11H17F3N4O. The summed E-state index contributed by atoms with van der Waals surface area (Å²) in [7, 11) is 1.52. The number of methoxy groups -OCH3 is 1. The van der Waals surface area contributed by atoms with Crippen LogP contribution in [0.25, 0.3) is 0 Å². The maximum atomic E-state index is 12.8. The van der Waals surface area contributed by atoms with E-state index in [0.717, 1.165) is 0 Å². The van der Waals surface area contributed by atoms with Gasteiger partial charge in [0.1, 0.15) is 11.6 Å². The van der Waals surface area contributed by atoms with Gasteiger partial charge in [0.05, 0.1) is 12.0 Å². The number of halogens is 3. The second-order valence-corrected chi connectivity index (χ2v) is 4.72. The van der Waals surface area contributed by atoms with Crippen LogP contribution in [-0.4, -0.2) is 40.7 Å². The Hall–Kier alpha value is -1.15. The van der Waals surface area contributed by atoms with Crippen LogP contribution < -0.4 is 5.73 Å². The van der Waals surface area contributed by atoms with E-state index in [9.17, 15) is 13.2 Å². The molecule has 0 saturated carbocycles. The lowest BCUT2D eigenvalue weighted by molar-refractivity contribution is -0.182. The van der Waals surface area contributed by atoms with E-state index in [0.29, 0.717) is 31.0 Å². The zero-order chi connectivity index (χ0) is 14.0. The number of nitrogens with two attached hydrogens (primary N) is 1. The first-order valence-electron chi connectivity index (χ1n) is 6.16. The molecule has 2 unspecified atom stereocenters. The SMILES string of the molecule is COC(CN)Cc1nnc2n1CC(C(F)(F)F)CC2. The molecule has 108 valence electrons. The lowest BCUT2D eigenvalue weighted by Gasteiger charge is -2.26. The zero-order valence-corrected chi connectivity index (χ0v) is 10.7. The fraction of sp³-hybridized carbons (Fsp3) is 0.818. The fourth-order valence-corrected chi connectivity index (χ4v) is 2.27. The first-order valence-corrected chi connectivity index (χ1v) is 6.16. The van der Waals surface area contributed by atoms with Gasteiger partial charge >= 0.3 is 6.18 Å². The lowest BCUT2D eigenvalue weighted by atomic mass is 9.98. The van der Waals surface area contributed by atoms with Crippen molar-refractivity contribution in [2.75, 3.05) is 13.7 Å². The molecule has 0 radical (unpaired) electrons. The Morgan fingerprint density at radius 1 is 1.47 bits per heavy atom. The number of hydrogen-bond acceptors (Lipinski definition) is 4. The van der Waals surface area contributed by atoms with Crippen molar-refractivity contribution in [2.45, 2.75) is 38.1 Å². The molecule has 1 aromatic rings. The summed E-state index contributed by atoms with van der Waals surface area (Å²) in [6.07, 6.45) is -3.67. The highest BCUT2D eigenvalue weighted by Crippen LogP contribution is 2.34. The van der Waals surface area contributed by atoms with Gasteiger partial charge in [-0.2, -0.15) is 13.2 Å². The number of rotatable bonds is 4. The first-order chi connectivity index (χ1) is 8.95. The van der Waals surface area contributed by atoms with Crippen LogP contribution in [0.5, 0.6) is 0 Å². The first kappa shape index (κ1) is 14.3. The highest BCUT2D eigenvalue weighted by molar-refractivity contribution is 5.02. The topological polar surface area (TPSA) is 66.0 Å².